The number of quaternary nitrogens is 4. The molecule has 5 rings (SSSR count). The lowest BCUT2D eigenvalue weighted by Crippen LogP contribution is -2.35. The summed E-state index contributed by atoms with van der Waals surface area (Å²) >= 11 is 0. The van der Waals surface area contributed by atoms with Crippen LogP contribution < -0.4 is 18.9 Å². The van der Waals surface area contributed by atoms with E-state index >= 15 is 0 Å². The molecule has 0 aliphatic heterocycles. The van der Waals surface area contributed by atoms with Gasteiger partial charge in [-0.25, -0.2) is 0 Å². The third-order valence-electron chi connectivity index (χ3n) is 14.5. The van der Waals surface area contributed by atoms with Crippen LogP contribution in [0, 0.1) is 0 Å². The van der Waals surface area contributed by atoms with Crippen molar-refractivity contribution < 1.29 is 36.9 Å². The topological polar surface area (TPSA) is 36.9 Å². The van der Waals surface area contributed by atoms with Crippen LogP contribution in [-0.4, -0.2) is 155 Å². The third kappa shape index (κ3) is 31.5. The van der Waals surface area contributed by atoms with Crippen molar-refractivity contribution in [3.63, 3.8) is 0 Å². The molecule has 0 radical (unpaired) electrons. The number of hydrogen-bond acceptors (Lipinski definition) is 4. The molecule has 0 aromatic heterocycles. The van der Waals surface area contributed by atoms with Crippen LogP contribution in [0.1, 0.15) is 147 Å². The van der Waals surface area contributed by atoms with Crippen molar-refractivity contribution in [1.82, 2.24) is 0 Å². The molecular formula is C74H110N4O4+4. The van der Waals surface area contributed by atoms with Crippen LogP contribution in [0.15, 0.2) is 109 Å². The van der Waals surface area contributed by atoms with Gasteiger partial charge in [0.25, 0.3) is 0 Å². The Balaban J connectivity index is 1.11. The standard InChI is InChI=1S/C74H110N4O4/c1-75(2,3)49-21-13-17-25-53-79-71-57-69(58-72(61-71)80-54-26-18-14-22-50-76(4,5)6)47-45-67-41-37-65(38-42-67)35-33-63-29-31-64(32-30-63)34-36-66-39-43-68(44-40-66)46-48-70-59-73(81-55-27-19-15-23-51-77(7,8)9)62-74(60-70)82-56-28-20-16-24-52-78(10,11)12/h29-48,57-62H,13-28,49-56H2,1-12H3/q+4/b35-33+,36-34+,47-45+,48-46+. The van der Waals surface area contributed by atoms with Gasteiger partial charge in [0, 0.05) is 12.1 Å². The SMILES string of the molecule is C[N+](C)(C)CCCCCCOc1cc(/C=C/c2ccc(/C=C/c3ccc(/C=C/c4ccc(/C=C/c5cc(OCCCCCC[N+](C)(C)C)cc(OCCCCCC[N+](C)(C)C)c5)cc4)cc3)cc2)cc(OCCCCCC[N+](C)(C)C)c1. The highest BCUT2D eigenvalue weighted by atomic mass is 16.5. The van der Waals surface area contributed by atoms with Gasteiger partial charge < -0.3 is 36.9 Å². The summed E-state index contributed by atoms with van der Waals surface area (Å²) in [4.78, 5) is 0. The molecule has 82 heavy (non-hydrogen) atoms. The predicted molar refractivity (Wildman–Crippen MR) is 355 cm³/mol. The predicted octanol–water partition coefficient (Wildman–Crippen LogP) is 16.9. The van der Waals surface area contributed by atoms with E-state index in [0.29, 0.717) is 0 Å². The van der Waals surface area contributed by atoms with Gasteiger partial charge in [0.1, 0.15) is 23.0 Å². The minimum absolute atomic E-state index is 0.719. The van der Waals surface area contributed by atoms with Gasteiger partial charge in [0.2, 0.25) is 0 Å². The van der Waals surface area contributed by atoms with Gasteiger partial charge in [-0.05, 0) is 172 Å². The fourth-order valence-electron chi connectivity index (χ4n) is 9.56. The highest BCUT2D eigenvalue weighted by molar-refractivity contribution is 5.76. The van der Waals surface area contributed by atoms with Crippen LogP contribution in [-0.2, 0) is 0 Å². The molecule has 0 saturated carbocycles. The lowest BCUT2D eigenvalue weighted by atomic mass is 10.1. The Morgan fingerprint density at radius 3 is 0.573 bits per heavy atom. The van der Waals surface area contributed by atoms with E-state index in [1.54, 1.807) is 0 Å². The summed E-state index contributed by atoms with van der Waals surface area (Å²) in [6.07, 6.45) is 36.3. The molecule has 0 N–H and O–H groups in total. The summed E-state index contributed by atoms with van der Waals surface area (Å²) in [5, 5.41) is 0. The normalized spacial score (nSPS) is 12.6. The van der Waals surface area contributed by atoms with Crippen molar-refractivity contribution in [3.8, 4) is 23.0 Å². The monoisotopic (exact) mass is 1120 g/mol. The fourth-order valence-corrected chi connectivity index (χ4v) is 9.56. The Morgan fingerprint density at radius 1 is 0.220 bits per heavy atom. The first kappa shape index (κ1) is 66.9. The van der Waals surface area contributed by atoms with E-state index in [9.17, 15) is 0 Å². The minimum Gasteiger partial charge on any atom is -0.493 e. The van der Waals surface area contributed by atoms with Crippen molar-refractivity contribution in [2.75, 3.05) is 137 Å². The van der Waals surface area contributed by atoms with E-state index in [2.05, 4.69) is 242 Å². The zero-order valence-corrected chi connectivity index (χ0v) is 53.4. The lowest BCUT2D eigenvalue weighted by Gasteiger charge is -2.23. The first-order valence-corrected chi connectivity index (χ1v) is 31.2. The first-order valence-electron chi connectivity index (χ1n) is 31.2. The second-order valence-electron chi connectivity index (χ2n) is 26.9. The van der Waals surface area contributed by atoms with Crippen LogP contribution in [0.25, 0.3) is 48.6 Å². The maximum absolute atomic E-state index is 6.32. The molecule has 0 saturated heterocycles. The Kier molecular flexibility index (Phi) is 28.8. The van der Waals surface area contributed by atoms with Gasteiger partial charge in [-0.1, -0.05) is 121 Å². The molecule has 5 aromatic rings. The molecule has 0 heterocycles. The second kappa shape index (κ2) is 35.3. The van der Waals surface area contributed by atoms with E-state index in [0.717, 1.165) is 138 Å². The zero-order valence-electron chi connectivity index (χ0n) is 53.4. The minimum atomic E-state index is 0.719. The van der Waals surface area contributed by atoms with Gasteiger partial charge in [-0.15, -0.1) is 0 Å². The summed E-state index contributed by atoms with van der Waals surface area (Å²) in [5.41, 5.74) is 9.10. The Morgan fingerprint density at radius 2 is 0.390 bits per heavy atom. The second-order valence-corrected chi connectivity index (χ2v) is 26.9. The number of rotatable bonds is 40. The van der Waals surface area contributed by atoms with Crippen LogP contribution in [0.4, 0.5) is 0 Å². The van der Waals surface area contributed by atoms with E-state index in [-0.39, 0.29) is 0 Å². The number of ether oxygens (including phenoxy) is 4. The van der Waals surface area contributed by atoms with E-state index in [1.807, 2.05) is 0 Å². The molecule has 0 amide bonds. The van der Waals surface area contributed by atoms with Gasteiger partial charge in [0.15, 0.2) is 0 Å². The molecule has 0 unspecified atom stereocenters. The number of benzene rings is 5. The molecule has 0 aliphatic rings. The molecule has 0 spiro atoms. The fraction of sp³-hybridized carbons (Fsp3) is 0.486. The van der Waals surface area contributed by atoms with Gasteiger partial charge in [-0.3, -0.25) is 0 Å². The summed E-state index contributed by atoms with van der Waals surface area (Å²) in [7, 11) is 27.2. The maximum atomic E-state index is 6.32. The van der Waals surface area contributed by atoms with Crippen molar-refractivity contribution >= 4 is 48.6 Å². The van der Waals surface area contributed by atoms with Gasteiger partial charge >= 0.3 is 0 Å². The van der Waals surface area contributed by atoms with Crippen molar-refractivity contribution in [2.24, 2.45) is 0 Å². The highest BCUT2D eigenvalue weighted by Crippen LogP contribution is 2.28. The molecule has 0 atom stereocenters. The average molecular weight is 1120 g/mol. The molecule has 446 valence electrons. The maximum Gasteiger partial charge on any atom is 0.123 e. The Bertz CT molecular complexity index is 2400. The number of nitrogens with zero attached hydrogens (tertiary/aromatic N) is 4. The average Bonchev–Trinajstić information content (AvgIpc) is 3.47. The van der Waals surface area contributed by atoms with E-state index < -0.39 is 0 Å². The number of hydrogen-bond donors (Lipinski definition) is 0. The summed E-state index contributed by atoms with van der Waals surface area (Å²) in [6, 6.07) is 38.8. The van der Waals surface area contributed by atoms with Crippen molar-refractivity contribution in [2.45, 2.75) is 103 Å². The Hall–Kier alpha value is -5.90. The zero-order chi connectivity index (χ0) is 59.1. The van der Waals surface area contributed by atoms with E-state index in [1.165, 1.54) is 103 Å². The molecule has 8 nitrogen and oxygen atoms in total. The van der Waals surface area contributed by atoms with Gasteiger partial charge in [-0.2, -0.15) is 0 Å². The van der Waals surface area contributed by atoms with E-state index in [4.69, 9.17) is 18.9 Å². The van der Waals surface area contributed by atoms with Gasteiger partial charge in [0.05, 0.1) is 137 Å². The summed E-state index contributed by atoms with van der Waals surface area (Å²) in [6.45, 7) is 7.71. The quantitative estimate of drug-likeness (QED) is 0.0223. The van der Waals surface area contributed by atoms with Crippen LogP contribution in [0.3, 0.4) is 0 Å². The first-order chi connectivity index (χ1) is 39.1. The van der Waals surface area contributed by atoms with Crippen LogP contribution in [0.2, 0.25) is 0 Å². The molecule has 0 bridgehead atoms. The highest BCUT2D eigenvalue weighted by Gasteiger charge is 2.11. The smallest absolute Gasteiger partial charge is 0.123 e. The molecule has 8 heteroatoms. The van der Waals surface area contributed by atoms with Crippen LogP contribution in [0.5, 0.6) is 23.0 Å². The summed E-state index contributed by atoms with van der Waals surface area (Å²) in [5.74, 6) is 3.50. The largest absolute Gasteiger partial charge is 0.493 e. The van der Waals surface area contributed by atoms with Crippen molar-refractivity contribution in [1.29, 1.82) is 0 Å². The van der Waals surface area contributed by atoms with Crippen molar-refractivity contribution in [3.05, 3.63) is 154 Å². The number of unbranched alkanes of at least 4 members (excludes halogenated alkanes) is 12. The molecule has 0 aliphatic carbocycles. The third-order valence-corrected chi connectivity index (χ3v) is 14.5. The summed E-state index contributed by atoms with van der Waals surface area (Å²) < 4.78 is 29.4. The lowest BCUT2D eigenvalue weighted by molar-refractivity contribution is -0.870. The molecule has 5 aromatic carbocycles. The van der Waals surface area contributed by atoms with Crippen LogP contribution >= 0.6 is 0 Å². The molecular weight excluding hydrogens is 1010 g/mol. The Labute approximate surface area is 499 Å². The molecule has 0 fully saturated rings.